The lowest BCUT2D eigenvalue weighted by atomic mass is 10.2. The summed E-state index contributed by atoms with van der Waals surface area (Å²) in [5, 5.41) is 5.84. The summed E-state index contributed by atoms with van der Waals surface area (Å²) < 4.78 is 0. The maximum absolute atomic E-state index is 10.6. The van der Waals surface area contributed by atoms with Crippen LogP contribution in [0.25, 0.3) is 0 Å². The predicted octanol–water partition coefficient (Wildman–Crippen LogP) is -0.231. The Hall–Kier alpha value is -0.640. The second-order valence-electron chi connectivity index (χ2n) is 2.13. The molecule has 1 amide bonds. The fourth-order valence-electron chi connectivity index (χ4n) is 0.767. The molecule has 1 aliphatic heterocycles. The zero-order chi connectivity index (χ0) is 6.85. The van der Waals surface area contributed by atoms with E-state index in [4.69, 9.17) is 12.2 Å². The van der Waals surface area contributed by atoms with Crippen molar-refractivity contribution in [1.82, 2.24) is 10.6 Å². The molecule has 2 N–H and O–H groups in total. The van der Waals surface area contributed by atoms with E-state index in [2.05, 4.69) is 10.6 Å². The van der Waals surface area contributed by atoms with Gasteiger partial charge in [-0.3, -0.25) is 4.79 Å². The third kappa shape index (κ3) is 1.64. The van der Waals surface area contributed by atoms with Crippen LogP contribution in [0, 0.1) is 0 Å². The highest BCUT2D eigenvalue weighted by molar-refractivity contribution is 7.80. The number of hydrogen-bond acceptors (Lipinski definition) is 2. The van der Waals surface area contributed by atoms with Gasteiger partial charge in [-0.2, -0.15) is 0 Å². The van der Waals surface area contributed by atoms with Gasteiger partial charge in [-0.25, -0.2) is 0 Å². The van der Waals surface area contributed by atoms with Crippen molar-refractivity contribution in [2.24, 2.45) is 0 Å². The van der Waals surface area contributed by atoms with Gasteiger partial charge in [-0.15, -0.1) is 0 Å². The molecule has 0 aromatic heterocycles. The zero-order valence-electron chi connectivity index (χ0n) is 5.10. The lowest BCUT2D eigenvalue weighted by molar-refractivity contribution is -0.120. The van der Waals surface area contributed by atoms with Gasteiger partial charge < -0.3 is 10.6 Å². The van der Waals surface area contributed by atoms with E-state index >= 15 is 0 Å². The monoisotopic (exact) mass is 144 g/mol. The van der Waals surface area contributed by atoms with E-state index in [1.165, 1.54) is 0 Å². The first-order chi connectivity index (χ1) is 4.18. The average Bonchev–Trinajstić information content (AvgIpc) is 1.59. The minimum Gasteiger partial charge on any atom is -0.359 e. The Morgan fingerprint density at radius 1 is 1.78 bits per heavy atom. The smallest absolute Gasteiger partial charge is 0.228 e. The van der Waals surface area contributed by atoms with Crippen molar-refractivity contribution in [2.75, 3.05) is 0 Å². The summed E-state index contributed by atoms with van der Waals surface area (Å²) in [5.74, 6) is 0.00579. The van der Waals surface area contributed by atoms with E-state index in [1.807, 2.05) is 6.92 Å². The highest BCUT2D eigenvalue weighted by atomic mass is 32.1. The van der Waals surface area contributed by atoms with Crippen LogP contribution in [0.4, 0.5) is 0 Å². The minimum absolute atomic E-state index is 0.00579. The first-order valence-electron chi connectivity index (χ1n) is 2.79. The summed E-state index contributed by atoms with van der Waals surface area (Å²) in [6, 6.07) is 0.186. The number of carbonyl (C=O) groups is 1. The first-order valence-corrected chi connectivity index (χ1v) is 3.19. The molecule has 1 heterocycles. The SMILES string of the molecule is CC1CC(=O)NC(=S)N1. The normalized spacial score (nSPS) is 27.0. The fourth-order valence-corrected chi connectivity index (χ4v) is 1.08. The minimum atomic E-state index is 0.00579. The molecule has 50 valence electrons. The van der Waals surface area contributed by atoms with Crippen LogP contribution in [0.1, 0.15) is 13.3 Å². The molecular formula is C5H8N2OS. The second-order valence-corrected chi connectivity index (χ2v) is 2.54. The molecule has 9 heavy (non-hydrogen) atoms. The summed E-state index contributed by atoms with van der Waals surface area (Å²) >= 11 is 4.72. The van der Waals surface area contributed by atoms with Crippen molar-refractivity contribution in [2.45, 2.75) is 19.4 Å². The quantitative estimate of drug-likeness (QED) is 0.461. The topological polar surface area (TPSA) is 41.1 Å². The Morgan fingerprint density at radius 2 is 2.44 bits per heavy atom. The van der Waals surface area contributed by atoms with Crippen LogP contribution in [0.2, 0.25) is 0 Å². The van der Waals surface area contributed by atoms with Gasteiger partial charge >= 0.3 is 0 Å². The molecule has 0 aromatic rings. The third-order valence-corrected chi connectivity index (χ3v) is 1.34. The van der Waals surface area contributed by atoms with Gasteiger partial charge in [0.15, 0.2) is 5.11 Å². The zero-order valence-corrected chi connectivity index (χ0v) is 5.92. The predicted molar refractivity (Wildman–Crippen MR) is 38.0 cm³/mol. The molecule has 0 radical (unpaired) electrons. The van der Waals surface area contributed by atoms with Crippen molar-refractivity contribution < 1.29 is 4.79 Å². The van der Waals surface area contributed by atoms with Crippen LogP contribution in [0.15, 0.2) is 0 Å². The molecule has 1 saturated heterocycles. The van der Waals surface area contributed by atoms with E-state index in [0.717, 1.165) is 0 Å². The van der Waals surface area contributed by atoms with Gasteiger partial charge in [0.25, 0.3) is 0 Å². The Kier molecular flexibility index (Phi) is 1.66. The maximum atomic E-state index is 10.6. The molecule has 0 saturated carbocycles. The maximum Gasteiger partial charge on any atom is 0.228 e. The molecule has 0 aromatic carbocycles. The third-order valence-electron chi connectivity index (χ3n) is 1.12. The number of carbonyl (C=O) groups excluding carboxylic acids is 1. The molecule has 1 fully saturated rings. The highest BCUT2D eigenvalue weighted by Gasteiger charge is 2.16. The number of nitrogens with one attached hydrogen (secondary N) is 2. The van der Waals surface area contributed by atoms with Crippen LogP contribution < -0.4 is 10.6 Å². The van der Waals surface area contributed by atoms with Crippen LogP contribution in [0.5, 0.6) is 0 Å². The largest absolute Gasteiger partial charge is 0.359 e. The fraction of sp³-hybridized carbons (Fsp3) is 0.600. The van der Waals surface area contributed by atoms with Crippen molar-refractivity contribution in [3.63, 3.8) is 0 Å². The van der Waals surface area contributed by atoms with Crippen molar-refractivity contribution in [3.05, 3.63) is 0 Å². The summed E-state index contributed by atoms with van der Waals surface area (Å²) in [6.07, 6.45) is 0.514. The van der Waals surface area contributed by atoms with Gasteiger partial charge in [0.2, 0.25) is 5.91 Å². The molecule has 3 nitrogen and oxygen atoms in total. The molecule has 0 spiro atoms. The van der Waals surface area contributed by atoms with Gasteiger partial charge in [-0.05, 0) is 19.1 Å². The molecule has 4 heteroatoms. The number of thiocarbonyl (C=S) groups is 1. The molecule has 1 aliphatic rings. The van der Waals surface area contributed by atoms with Crippen molar-refractivity contribution in [3.8, 4) is 0 Å². The Labute approximate surface area is 58.8 Å². The van der Waals surface area contributed by atoms with Gasteiger partial charge in [0.05, 0.1) is 0 Å². The molecule has 0 bridgehead atoms. The van der Waals surface area contributed by atoms with E-state index in [9.17, 15) is 4.79 Å². The highest BCUT2D eigenvalue weighted by Crippen LogP contribution is 1.94. The number of amides is 1. The Balaban J connectivity index is 2.53. The summed E-state index contributed by atoms with van der Waals surface area (Å²) in [6.45, 7) is 1.92. The van der Waals surface area contributed by atoms with Crippen molar-refractivity contribution in [1.29, 1.82) is 0 Å². The van der Waals surface area contributed by atoms with E-state index in [1.54, 1.807) is 0 Å². The lowest BCUT2D eigenvalue weighted by Crippen LogP contribution is -2.50. The Bertz CT molecular complexity index is 141. The first kappa shape index (κ1) is 6.48. The van der Waals surface area contributed by atoms with Crippen LogP contribution in [0.3, 0.4) is 0 Å². The van der Waals surface area contributed by atoms with Gasteiger partial charge in [0, 0.05) is 12.5 Å². The van der Waals surface area contributed by atoms with E-state index < -0.39 is 0 Å². The molecular weight excluding hydrogens is 136 g/mol. The van der Waals surface area contributed by atoms with E-state index in [-0.39, 0.29) is 11.9 Å². The second kappa shape index (κ2) is 2.31. The standard InChI is InChI=1S/C5H8N2OS/c1-3-2-4(8)7-5(9)6-3/h3H,2H2,1H3,(H2,6,7,8,9). The van der Waals surface area contributed by atoms with Crippen LogP contribution in [-0.2, 0) is 4.79 Å². The van der Waals surface area contributed by atoms with Crippen molar-refractivity contribution >= 4 is 23.2 Å². The van der Waals surface area contributed by atoms with Gasteiger partial charge in [0.1, 0.15) is 0 Å². The number of hydrogen-bond donors (Lipinski definition) is 2. The average molecular weight is 144 g/mol. The number of rotatable bonds is 0. The van der Waals surface area contributed by atoms with E-state index in [0.29, 0.717) is 11.5 Å². The van der Waals surface area contributed by atoms with Crippen LogP contribution >= 0.6 is 12.2 Å². The Morgan fingerprint density at radius 3 is 2.89 bits per heavy atom. The van der Waals surface area contributed by atoms with Gasteiger partial charge in [-0.1, -0.05) is 0 Å². The summed E-state index contributed by atoms with van der Waals surface area (Å²) in [5.41, 5.74) is 0. The summed E-state index contributed by atoms with van der Waals surface area (Å²) in [7, 11) is 0. The molecule has 0 aliphatic carbocycles. The summed E-state index contributed by atoms with van der Waals surface area (Å²) in [4.78, 5) is 10.6. The molecule has 1 rings (SSSR count). The van der Waals surface area contributed by atoms with Crippen LogP contribution in [-0.4, -0.2) is 17.1 Å². The molecule has 1 atom stereocenters. The molecule has 1 unspecified atom stereocenters. The lowest BCUT2D eigenvalue weighted by Gasteiger charge is -2.21.